The lowest BCUT2D eigenvalue weighted by Crippen LogP contribution is -1.99. The lowest BCUT2D eigenvalue weighted by Gasteiger charge is -2.11. The van der Waals surface area contributed by atoms with Crippen molar-refractivity contribution in [2.45, 2.75) is 0 Å². The van der Waals surface area contributed by atoms with Crippen molar-refractivity contribution in [3.63, 3.8) is 0 Å². The van der Waals surface area contributed by atoms with Crippen molar-refractivity contribution in [3.05, 3.63) is 71.7 Å². The van der Waals surface area contributed by atoms with Gasteiger partial charge in [-0.3, -0.25) is 10.1 Å². The number of fused-ring (bicyclic) bond motifs is 1. The minimum Gasteiger partial charge on any atom is -0.383 e. The highest BCUT2D eigenvalue weighted by Crippen LogP contribution is 2.34. The van der Waals surface area contributed by atoms with Crippen LogP contribution in [0.5, 0.6) is 0 Å². The molecule has 0 bridgehead atoms. The first-order valence-corrected chi connectivity index (χ1v) is 9.62. The Kier molecular flexibility index (Phi) is 4.25. The molecule has 0 atom stereocenters. The van der Waals surface area contributed by atoms with Crippen LogP contribution in [0.2, 0.25) is 0 Å². The molecule has 29 heavy (non-hydrogen) atoms. The van der Waals surface area contributed by atoms with Crippen LogP contribution in [0.3, 0.4) is 0 Å². The van der Waals surface area contributed by atoms with Gasteiger partial charge in [0.1, 0.15) is 12.1 Å². The van der Waals surface area contributed by atoms with Crippen molar-refractivity contribution in [1.82, 2.24) is 30.1 Å². The fourth-order valence-corrected chi connectivity index (χ4v) is 3.62. The minimum atomic E-state index is 0.400. The van der Waals surface area contributed by atoms with Crippen molar-refractivity contribution in [2.24, 2.45) is 0 Å². The molecule has 0 spiro atoms. The van der Waals surface area contributed by atoms with Gasteiger partial charge in [0.05, 0.1) is 22.5 Å². The van der Waals surface area contributed by atoms with E-state index in [9.17, 15) is 0 Å². The van der Waals surface area contributed by atoms with Gasteiger partial charge < -0.3 is 5.73 Å². The number of H-pyrrole nitrogens is 1. The molecule has 0 aliphatic heterocycles. The zero-order valence-corrected chi connectivity index (χ0v) is 16.6. The number of nitrogens with zero attached hydrogens (tertiary/aromatic N) is 5. The maximum absolute atomic E-state index is 6.17. The Morgan fingerprint density at radius 1 is 0.897 bits per heavy atom. The van der Waals surface area contributed by atoms with Crippen LogP contribution < -0.4 is 5.73 Å². The summed E-state index contributed by atoms with van der Waals surface area (Å²) in [6.07, 6.45) is 4.92. The van der Waals surface area contributed by atoms with Crippen LogP contribution in [0.25, 0.3) is 44.8 Å². The molecule has 140 valence electrons. The van der Waals surface area contributed by atoms with Crippen molar-refractivity contribution < 1.29 is 0 Å². The number of halogens is 1. The average Bonchev–Trinajstić information content (AvgIpc) is 3.28. The van der Waals surface area contributed by atoms with E-state index < -0.39 is 0 Å². The van der Waals surface area contributed by atoms with Gasteiger partial charge in [-0.2, -0.15) is 5.10 Å². The highest BCUT2D eigenvalue weighted by atomic mass is 79.9. The summed E-state index contributed by atoms with van der Waals surface area (Å²) >= 11 is 3.54. The van der Waals surface area contributed by atoms with Crippen LogP contribution >= 0.6 is 15.9 Å². The Labute approximate surface area is 174 Å². The van der Waals surface area contributed by atoms with Crippen LogP contribution in [-0.4, -0.2) is 30.1 Å². The van der Waals surface area contributed by atoms with E-state index in [4.69, 9.17) is 10.7 Å². The lowest BCUT2D eigenvalue weighted by atomic mass is 10.0. The van der Waals surface area contributed by atoms with Crippen LogP contribution in [0, 0.1) is 0 Å². The Balaban J connectivity index is 1.69. The SMILES string of the molecule is Nc1ncnc2nc(-c3ccc(-c4ccn[nH]4)nc3)cc(-c3cccc(Br)c3)c12. The van der Waals surface area contributed by atoms with Gasteiger partial charge in [0.25, 0.3) is 0 Å². The predicted octanol–water partition coefficient (Wildman–Crippen LogP) is 4.49. The van der Waals surface area contributed by atoms with Gasteiger partial charge in [-0.25, -0.2) is 15.0 Å². The van der Waals surface area contributed by atoms with Crippen LogP contribution in [0.4, 0.5) is 5.82 Å². The van der Waals surface area contributed by atoms with Crippen molar-refractivity contribution >= 4 is 32.8 Å². The smallest absolute Gasteiger partial charge is 0.165 e. The van der Waals surface area contributed by atoms with Crippen LogP contribution in [-0.2, 0) is 0 Å². The molecule has 0 radical (unpaired) electrons. The number of benzene rings is 1. The van der Waals surface area contributed by atoms with E-state index in [0.717, 1.165) is 43.6 Å². The first-order valence-electron chi connectivity index (χ1n) is 8.82. The molecular formula is C21H14BrN7. The summed E-state index contributed by atoms with van der Waals surface area (Å²) in [4.78, 5) is 17.7. The monoisotopic (exact) mass is 443 g/mol. The molecular weight excluding hydrogens is 430 g/mol. The topological polar surface area (TPSA) is 106 Å². The Hall–Kier alpha value is -3.65. The number of nitrogens with two attached hydrogens (primary N) is 1. The largest absolute Gasteiger partial charge is 0.383 e. The predicted molar refractivity (Wildman–Crippen MR) is 116 cm³/mol. The summed E-state index contributed by atoms with van der Waals surface area (Å²) in [5, 5.41) is 7.61. The summed E-state index contributed by atoms with van der Waals surface area (Å²) in [5.41, 5.74) is 11.9. The fraction of sp³-hybridized carbons (Fsp3) is 0. The maximum Gasteiger partial charge on any atom is 0.165 e. The number of aromatic amines is 1. The number of anilines is 1. The average molecular weight is 444 g/mol. The summed E-state index contributed by atoms with van der Waals surface area (Å²) in [7, 11) is 0. The van der Waals surface area contributed by atoms with E-state index in [2.05, 4.69) is 41.1 Å². The Morgan fingerprint density at radius 3 is 2.59 bits per heavy atom. The van der Waals surface area contributed by atoms with Gasteiger partial charge in [0.15, 0.2) is 5.65 Å². The molecule has 4 heterocycles. The summed E-state index contributed by atoms with van der Waals surface area (Å²) in [6.45, 7) is 0. The summed E-state index contributed by atoms with van der Waals surface area (Å²) < 4.78 is 0.975. The standard InChI is InChI=1S/C21H14BrN7/c22-14-3-1-2-12(8-14)15-9-18(28-21-19(15)20(23)25-11-26-21)13-4-5-16(24-10-13)17-6-7-27-29-17/h1-11H,(H,27,29)(H2,23,25,26,28). The number of nitrogens with one attached hydrogen (secondary N) is 1. The van der Waals surface area contributed by atoms with E-state index in [1.165, 1.54) is 6.33 Å². The zero-order valence-electron chi connectivity index (χ0n) is 15.0. The highest BCUT2D eigenvalue weighted by molar-refractivity contribution is 9.10. The highest BCUT2D eigenvalue weighted by Gasteiger charge is 2.14. The van der Waals surface area contributed by atoms with Gasteiger partial charge in [0, 0.05) is 22.4 Å². The summed E-state index contributed by atoms with van der Waals surface area (Å²) in [6, 6.07) is 15.8. The molecule has 5 aromatic rings. The quantitative estimate of drug-likeness (QED) is 0.425. The number of hydrogen-bond donors (Lipinski definition) is 2. The zero-order chi connectivity index (χ0) is 19.8. The molecule has 4 aromatic heterocycles. The molecule has 0 unspecified atom stereocenters. The second-order valence-corrected chi connectivity index (χ2v) is 7.34. The molecule has 0 saturated carbocycles. The Bertz CT molecular complexity index is 1320. The van der Waals surface area contributed by atoms with Crippen LogP contribution in [0.1, 0.15) is 0 Å². The fourth-order valence-electron chi connectivity index (χ4n) is 3.22. The van der Waals surface area contributed by atoms with Crippen molar-refractivity contribution in [2.75, 3.05) is 5.73 Å². The van der Waals surface area contributed by atoms with Crippen molar-refractivity contribution in [1.29, 1.82) is 0 Å². The lowest BCUT2D eigenvalue weighted by molar-refractivity contribution is 1.09. The third kappa shape index (κ3) is 3.23. The van der Waals surface area contributed by atoms with E-state index >= 15 is 0 Å². The molecule has 0 fully saturated rings. The van der Waals surface area contributed by atoms with E-state index in [0.29, 0.717) is 11.5 Å². The van der Waals surface area contributed by atoms with Gasteiger partial charge in [0.2, 0.25) is 0 Å². The molecule has 1 aromatic carbocycles. The van der Waals surface area contributed by atoms with Gasteiger partial charge in [-0.05, 0) is 47.5 Å². The normalized spacial score (nSPS) is 11.1. The number of hydrogen-bond acceptors (Lipinski definition) is 6. The van der Waals surface area contributed by atoms with Crippen LogP contribution in [0.15, 0.2) is 71.7 Å². The number of nitrogen functional groups attached to an aromatic ring is 1. The second kappa shape index (κ2) is 7.06. The van der Waals surface area contributed by atoms with E-state index in [1.807, 2.05) is 48.5 Å². The van der Waals surface area contributed by atoms with Gasteiger partial charge in [-0.15, -0.1) is 0 Å². The minimum absolute atomic E-state index is 0.400. The third-order valence-electron chi connectivity index (χ3n) is 4.60. The molecule has 8 heteroatoms. The number of pyridine rings is 2. The number of aromatic nitrogens is 6. The van der Waals surface area contributed by atoms with E-state index in [1.54, 1.807) is 12.4 Å². The summed E-state index contributed by atoms with van der Waals surface area (Å²) in [5.74, 6) is 0.400. The maximum atomic E-state index is 6.17. The first-order chi connectivity index (χ1) is 14.2. The Morgan fingerprint density at radius 2 is 1.83 bits per heavy atom. The molecule has 5 rings (SSSR count). The van der Waals surface area contributed by atoms with E-state index in [-0.39, 0.29) is 0 Å². The molecule has 0 aliphatic carbocycles. The third-order valence-corrected chi connectivity index (χ3v) is 5.10. The number of rotatable bonds is 3. The van der Waals surface area contributed by atoms with Gasteiger partial charge in [-0.1, -0.05) is 28.1 Å². The molecule has 3 N–H and O–H groups in total. The first kappa shape index (κ1) is 17.4. The molecule has 7 nitrogen and oxygen atoms in total. The second-order valence-electron chi connectivity index (χ2n) is 6.43. The molecule has 0 aliphatic rings. The molecule has 0 amide bonds. The van der Waals surface area contributed by atoms with Gasteiger partial charge >= 0.3 is 0 Å². The molecule has 0 saturated heterocycles. The van der Waals surface area contributed by atoms with Crippen molar-refractivity contribution in [3.8, 4) is 33.8 Å².